The molecule has 5 nitrogen and oxygen atoms in total. The van der Waals surface area contributed by atoms with Gasteiger partial charge in [-0.25, -0.2) is 0 Å². The van der Waals surface area contributed by atoms with Crippen molar-refractivity contribution in [3.63, 3.8) is 0 Å². The summed E-state index contributed by atoms with van der Waals surface area (Å²) < 4.78 is 29.6. The summed E-state index contributed by atoms with van der Waals surface area (Å²) in [6.07, 6.45) is 0. The van der Waals surface area contributed by atoms with Crippen LogP contribution < -0.4 is 10.1 Å². The Hall–Kier alpha value is -2.64. The smallest absolute Gasteiger partial charge is 0.387 e. The molecule has 2 aromatic carbocycles. The zero-order valence-electron chi connectivity index (χ0n) is 13.9. The van der Waals surface area contributed by atoms with E-state index < -0.39 is 12.5 Å². The molecule has 0 radical (unpaired) electrons. The van der Waals surface area contributed by atoms with Crippen LogP contribution in [0.25, 0.3) is 11.3 Å². The van der Waals surface area contributed by atoms with Crippen molar-refractivity contribution in [3.05, 3.63) is 63.8 Å². The predicted octanol–water partition coefficient (Wildman–Crippen LogP) is 5.55. The van der Waals surface area contributed by atoms with Gasteiger partial charge in [0.05, 0.1) is 21.4 Å². The number of hydrogen-bond donors (Lipinski definition) is 2. The average Bonchev–Trinajstić information content (AvgIpc) is 3.09. The second-order valence-corrected chi connectivity index (χ2v) is 6.44. The van der Waals surface area contributed by atoms with Crippen molar-refractivity contribution >= 4 is 34.8 Å². The Morgan fingerprint density at radius 1 is 1.15 bits per heavy atom. The summed E-state index contributed by atoms with van der Waals surface area (Å²) in [7, 11) is 0. The first-order valence-corrected chi connectivity index (χ1v) is 8.46. The molecule has 0 saturated heterocycles. The van der Waals surface area contributed by atoms with Crippen molar-refractivity contribution in [1.82, 2.24) is 10.2 Å². The van der Waals surface area contributed by atoms with Crippen molar-refractivity contribution < 1.29 is 18.3 Å². The number of aromatic nitrogens is 2. The lowest BCUT2D eigenvalue weighted by Crippen LogP contribution is -2.14. The van der Waals surface area contributed by atoms with Gasteiger partial charge in [-0.1, -0.05) is 35.3 Å². The van der Waals surface area contributed by atoms with Gasteiger partial charge < -0.3 is 10.1 Å². The third-order valence-corrected chi connectivity index (χ3v) is 4.38. The lowest BCUT2D eigenvalue weighted by atomic mass is 10.1. The standard InChI is InChI=1S/C18H13Cl2F2N3O2/c1-9-2-5-13(16(6-9)27-18(21)22)23-17(26)15-8-14(24-25-15)10-3-4-11(19)12(20)7-10/h2-8,18H,1H3,(H,23,26)(H,24,25). The molecule has 9 heteroatoms. The first kappa shape index (κ1) is 19.1. The Morgan fingerprint density at radius 3 is 2.63 bits per heavy atom. The average molecular weight is 412 g/mol. The Balaban J connectivity index is 1.82. The summed E-state index contributed by atoms with van der Waals surface area (Å²) in [5.41, 5.74) is 2.12. The molecule has 1 heterocycles. The van der Waals surface area contributed by atoms with Crippen LogP contribution in [0.5, 0.6) is 5.75 Å². The van der Waals surface area contributed by atoms with Crippen LogP contribution in [0.4, 0.5) is 14.5 Å². The van der Waals surface area contributed by atoms with E-state index in [0.717, 1.165) is 0 Å². The fraction of sp³-hybridized carbons (Fsp3) is 0.111. The zero-order chi connectivity index (χ0) is 19.6. The van der Waals surface area contributed by atoms with E-state index in [1.807, 2.05) is 0 Å². The number of H-pyrrole nitrogens is 1. The predicted molar refractivity (Wildman–Crippen MR) is 99.8 cm³/mol. The minimum absolute atomic E-state index is 0.122. The van der Waals surface area contributed by atoms with Crippen LogP contribution in [-0.4, -0.2) is 22.7 Å². The van der Waals surface area contributed by atoms with E-state index in [1.165, 1.54) is 18.2 Å². The van der Waals surface area contributed by atoms with Crippen LogP contribution in [0.15, 0.2) is 42.5 Å². The van der Waals surface area contributed by atoms with E-state index in [1.54, 1.807) is 31.2 Å². The van der Waals surface area contributed by atoms with E-state index in [-0.39, 0.29) is 17.1 Å². The number of carbonyl (C=O) groups excluding carboxylic acids is 1. The van der Waals surface area contributed by atoms with Crippen molar-refractivity contribution in [1.29, 1.82) is 0 Å². The monoisotopic (exact) mass is 411 g/mol. The van der Waals surface area contributed by atoms with Gasteiger partial charge in [0.15, 0.2) is 0 Å². The van der Waals surface area contributed by atoms with Gasteiger partial charge in [0.25, 0.3) is 5.91 Å². The molecule has 0 spiro atoms. The summed E-state index contributed by atoms with van der Waals surface area (Å²) in [6.45, 7) is -1.28. The number of aryl methyl sites for hydroxylation is 1. The van der Waals surface area contributed by atoms with E-state index in [0.29, 0.717) is 26.9 Å². The molecule has 0 fully saturated rings. The number of halogens is 4. The molecule has 0 aliphatic carbocycles. The number of rotatable bonds is 5. The number of aromatic amines is 1. The summed E-state index contributed by atoms with van der Waals surface area (Å²) in [6, 6.07) is 11.0. The molecule has 0 saturated carbocycles. The quantitative estimate of drug-likeness (QED) is 0.578. The summed E-state index contributed by atoms with van der Waals surface area (Å²) in [5, 5.41) is 9.96. The van der Waals surface area contributed by atoms with Crippen LogP contribution in [0.3, 0.4) is 0 Å². The molecule has 3 rings (SSSR count). The Kier molecular flexibility index (Phi) is 5.62. The Bertz CT molecular complexity index is 992. The fourth-order valence-electron chi connectivity index (χ4n) is 2.36. The highest BCUT2D eigenvalue weighted by molar-refractivity contribution is 6.42. The summed E-state index contributed by atoms with van der Waals surface area (Å²) >= 11 is 11.9. The molecular formula is C18H13Cl2F2N3O2. The molecule has 0 atom stereocenters. The lowest BCUT2D eigenvalue weighted by molar-refractivity contribution is -0.0494. The first-order valence-electron chi connectivity index (χ1n) is 7.71. The molecule has 0 aliphatic rings. The zero-order valence-corrected chi connectivity index (χ0v) is 15.4. The van der Waals surface area contributed by atoms with Crippen molar-refractivity contribution in [2.24, 2.45) is 0 Å². The molecular weight excluding hydrogens is 399 g/mol. The summed E-state index contributed by atoms with van der Waals surface area (Å²) in [5.74, 6) is -0.681. The number of ether oxygens (including phenoxy) is 1. The molecule has 1 amide bonds. The van der Waals surface area contributed by atoms with E-state index in [9.17, 15) is 13.6 Å². The molecule has 3 aromatic rings. The molecule has 2 N–H and O–H groups in total. The third kappa shape index (κ3) is 4.56. The van der Waals surface area contributed by atoms with Gasteiger partial charge in [0.1, 0.15) is 11.4 Å². The normalized spacial score (nSPS) is 10.9. The maximum Gasteiger partial charge on any atom is 0.387 e. The molecule has 27 heavy (non-hydrogen) atoms. The van der Waals surface area contributed by atoms with Gasteiger partial charge in [0.2, 0.25) is 0 Å². The van der Waals surface area contributed by atoms with E-state index in [2.05, 4.69) is 20.3 Å². The fourth-order valence-corrected chi connectivity index (χ4v) is 2.66. The van der Waals surface area contributed by atoms with Gasteiger partial charge >= 0.3 is 6.61 Å². The van der Waals surface area contributed by atoms with Gasteiger partial charge in [-0.05, 0) is 42.8 Å². The number of anilines is 1. The maximum atomic E-state index is 12.6. The largest absolute Gasteiger partial charge is 0.433 e. The van der Waals surface area contributed by atoms with Crippen molar-refractivity contribution in [3.8, 4) is 17.0 Å². The number of carbonyl (C=O) groups is 1. The van der Waals surface area contributed by atoms with Crippen molar-refractivity contribution in [2.75, 3.05) is 5.32 Å². The minimum atomic E-state index is -3.00. The van der Waals surface area contributed by atoms with Gasteiger partial charge in [-0.2, -0.15) is 13.9 Å². The Labute approximate surface area is 163 Å². The number of nitrogens with zero attached hydrogens (tertiary/aromatic N) is 1. The summed E-state index contributed by atoms with van der Waals surface area (Å²) in [4.78, 5) is 12.4. The molecule has 0 unspecified atom stereocenters. The van der Waals surface area contributed by atoms with Crippen LogP contribution in [-0.2, 0) is 0 Å². The van der Waals surface area contributed by atoms with Crippen LogP contribution in [0, 0.1) is 6.92 Å². The highest BCUT2D eigenvalue weighted by Gasteiger charge is 2.16. The van der Waals surface area contributed by atoms with Gasteiger partial charge in [-0.3, -0.25) is 9.89 Å². The number of hydrogen-bond acceptors (Lipinski definition) is 3. The minimum Gasteiger partial charge on any atom is -0.433 e. The third-order valence-electron chi connectivity index (χ3n) is 3.64. The number of amides is 1. The molecule has 140 valence electrons. The Morgan fingerprint density at radius 2 is 1.93 bits per heavy atom. The van der Waals surface area contributed by atoms with Gasteiger partial charge in [-0.15, -0.1) is 0 Å². The number of alkyl halides is 2. The maximum absolute atomic E-state index is 12.6. The molecule has 0 bridgehead atoms. The first-order chi connectivity index (χ1) is 12.8. The second-order valence-electron chi connectivity index (χ2n) is 5.63. The number of nitrogens with one attached hydrogen (secondary N) is 2. The van der Waals surface area contributed by atoms with Crippen molar-refractivity contribution in [2.45, 2.75) is 13.5 Å². The molecule has 1 aromatic heterocycles. The topological polar surface area (TPSA) is 67.0 Å². The van der Waals surface area contributed by atoms with E-state index >= 15 is 0 Å². The highest BCUT2D eigenvalue weighted by Crippen LogP contribution is 2.29. The van der Waals surface area contributed by atoms with E-state index in [4.69, 9.17) is 23.2 Å². The number of benzene rings is 2. The second kappa shape index (κ2) is 7.94. The SMILES string of the molecule is Cc1ccc(NC(=O)c2cc(-c3ccc(Cl)c(Cl)c3)n[nH]2)c(OC(F)F)c1. The lowest BCUT2D eigenvalue weighted by Gasteiger charge is -2.12. The molecule has 0 aliphatic heterocycles. The highest BCUT2D eigenvalue weighted by atomic mass is 35.5. The van der Waals surface area contributed by atoms with Gasteiger partial charge in [0, 0.05) is 5.56 Å². The van der Waals surface area contributed by atoms with Crippen LogP contribution in [0.1, 0.15) is 16.1 Å². The van der Waals surface area contributed by atoms with Crippen LogP contribution in [0.2, 0.25) is 10.0 Å². The van der Waals surface area contributed by atoms with Crippen LogP contribution >= 0.6 is 23.2 Å².